The SMILES string of the molecule is CCC(C)C(=O)N(CCC(=O)O)c1ccccc1N. The van der Waals surface area contributed by atoms with Crippen LogP contribution in [0.25, 0.3) is 0 Å². The number of para-hydroxylation sites is 2. The Hall–Kier alpha value is -2.04. The van der Waals surface area contributed by atoms with Gasteiger partial charge in [0.25, 0.3) is 0 Å². The highest BCUT2D eigenvalue weighted by Gasteiger charge is 2.22. The van der Waals surface area contributed by atoms with Crippen molar-refractivity contribution in [2.24, 2.45) is 5.92 Å². The van der Waals surface area contributed by atoms with Crippen LogP contribution < -0.4 is 10.6 Å². The summed E-state index contributed by atoms with van der Waals surface area (Å²) < 4.78 is 0. The predicted molar refractivity (Wildman–Crippen MR) is 74.9 cm³/mol. The number of hydrogen-bond acceptors (Lipinski definition) is 3. The lowest BCUT2D eigenvalue weighted by molar-refractivity contribution is -0.136. The lowest BCUT2D eigenvalue weighted by Crippen LogP contribution is -2.37. The van der Waals surface area contributed by atoms with Gasteiger partial charge in [-0.25, -0.2) is 0 Å². The number of aliphatic carboxylic acids is 1. The van der Waals surface area contributed by atoms with Gasteiger partial charge in [-0.3, -0.25) is 9.59 Å². The van der Waals surface area contributed by atoms with Crippen molar-refractivity contribution in [2.45, 2.75) is 26.7 Å². The van der Waals surface area contributed by atoms with Crippen LogP contribution in [0.1, 0.15) is 26.7 Å². The number of carboxylic acid groups (broad SMARTS) is 1. The Labute approximate surface area is 113 Å². The van der Waals surface area contributed by atoms with E-state index in [0.29, 0.717) is 17.8 Å². The molecule has 0 fully saturated rings. The summed E-state index contributed by atoms with van der Waals surface area (Å²) in [6.07, 6.45) is 0.603. The summed E-state index contributed by atoms with van der Waals surface area (Å²) in [6.45, 7) is 3.88. The van der Waals surface area contributed by atoms with E-state index in [1.165, 1.54) is 4.90 Å². The Morgan fingerprint density at radius 1 is 1.37 bits per heavy atom. The minimum atomic E-state index is -0.934. The number of carbonyl (C=O) groups excluding carboxylic acids is 1. The van der Waals surface area contributed by atoms with E-state index in [2.05, 4.69) is 0 Å². The number of rotatable bonds is 6. The maximum absolute atomic E-state index is 12.3. The van der Waals surface area contributed by atoms with Gasteiger partial charge in [-0.1, -0.05) is 26.0 Å². The fourth-order valence-corrected chi connectivity index (χ4v) is 1.73. The van der Waals surface area contributed by atoms with E-state index in [-0.39, 0.29) is 24.8 Å². The van der Waals surface area contributed by atoms with Crippen molar-refractivity contribution >= 4 is 23.3 Å². The molecule has 3 N–H and O–H groups in total. The summed E-state index contributed by atoms with van der Waals surface area (Å²) in [5, 5.41) is 8.79. The number of nitrogen functional groups attached to an aromatic ring is 1. The van der Waals surface area contributed by atoms with Crippen LogP contribution in [-0.4, -0.2) is 23.5 Å². The molecule has 1 aromatic carbocycles. The van der Waals surface area contributed by atoms with Gasteiger partial charge >= 0.3 is 5.97 Å². The van der Waals surface area contributed by atoms with E-state index < -0.39 is 5.97 Å². The number of carbonyl (C=O) groups is 2. The first-order valence-corrected chi connectivity index (χ1v) is 6.35. The molecule has 1 atom stereocenters. The molecule has 1 rings (SSSR count). The molecule has 0 saturated heterocycles. The van der Waals surface area contributed by atoms with E-state index in [1.807, 2.05) is 13.8 Å². The fraction of sp³-hybridized carbons (Fsp3) is 0.429. The third-order valence-corrected chi connectivity index (χ3v) is 3.08. The molecule has 0 spiro atoms. The number of nitrogens with zero attached hydrogens (tertiary/aromatic N) is 1. The maximum Gasteiger partial charge on any atom is 0.305 e. The average molecular weight is 264 g/mol. The van der Waals surface area contributed by atoms with Crippen LogP contribution in [0.2, 0.25) is 0 Å². The van der Waals surface area contributed by atoms with Crippen LogP contribution in [0.4, 0.5) is 11.4 Å². The zero-order valence-corrected chi connectivity index (χ0v) is 11.3. The minimum absolute atomic E-state index is 0.0957. The molecule has 0 heterocycles. The van der Waals surface area contributed by atoms with E-state index in [4.69, 9.17) is 10.8 Å². The number of nitrogens with two attached hydrogens (primary N) is 1. The van der Waals surface area contributed by atoms with Crippen LogP contribution in [0.15, 0.2) is 24.3 Å². The summed E-state index contributed by atoms with van der Waals surface area (Å²) >= 11 is 0. The van der Waals surface area contributed by atoms with E-state index in [1.54, 1.807) is 24.3 Å². The molecule has 0 aromatic heterocycles. The van der Waals surface area contributed by atoms with Gasteiger partial charge in [-0.2, -0.15) is 0 Å². The normalized spacial score (nSPS) is 11.9. The first-order chi connectivity index (χ1) is 8.97. The molecule has 1 unspecified atom stereocenters. The summed E-state index contributed by atoms with van der Waals surface area (Å²) in [5.74, 6) is -1.19. The van der Waals surface area contributed by atoms with Crippen LogP contribution in [0.5, 0.6) is 0 Å². The molecule has 0 aliphatic heterocycles. The Morgan fingerprint density at radius 3 is 2.53 bits per heavy atom. The minimum Gasteiger partial charge on any atom is -0.481 e. The number of anilines is 2. The quantitative estimate of drug-likeness (QED) is 0.771. The van der Waals surface area contributed by atoms with Crippen molar-refractivity contribution in [3.05, 3.63) is 24.3 Å². The van der Waals surface area contributed by atoms with Gasteiger partial charge < -0.3 is 15.7 Å². The monoisotopic (exact) mass is 264 g/mol. The highest BCUT2D eigenvalue weighted by molar-refractivity contribution is 5.97. The van der Waals surface area contributed by atoms with Crippen molar-refractivity contribution in [1.29, 1.82) is 0 Å². The summed E-state index contributed by atoms with van der Waals surface area (Å²) in [5.41, 5.74) is 6.92. The molecular formula is C14H20N2O3. The zero-order chi connectivity index (χ0) is 14.4. The maximum atomic E-state index is 12.3. The second kappa shape index (κ2) is 6.78. The number of hydrogen-bond donors (Lipinski definition) is 2. The molecule has 0 radical (unpaired) electrons. The topological polar surface area (TPSA) is 83.6 Å². The van der Waals surface area contributed by atoms with Gasteiger partial charge in [0, 0.05) is 12.5 Å². The highest BCUT2D eigenvalue weighted by atomic mass is 16.4. The first kappa shape index (κ1) is 15.0. The zero-order valence-electron chi connectivity index (χ0n) is 11.3. The van der Waals surface area contributed by atoms with Crippen molar-refractivity contribution in [3.8, 4) is 0 Å². The van der Waals surface area contributed by atoms with E-state index in [9.17, 15) is 9.59 Å². The Morgan fingerprint density at radius 2 is 2.00 bits per heavy atom. The molecule has 104 valence electrons. The largest absolute Gasteiger partial charge is 0.481 e. The van der Waals surface area contributed by atoms with Gasteiger partial charge in [0.2, 0.25) is 5.91 Å². The summed E-state index contributed by atoms with van der Waals surface area (Å²) in [4.78, 5) is 24.5. The molecular weight excluding hydrogens is 244 g/mol. The van der Waals surface area contributed by atoms with Gasteiger partial charge in [0.1, 0.15) is 0 Å². The molecule has 0 aliphatic rings. The van der Waals surface area contributed by atoms with Crippen LogP contribution in [-0.2, 0) is 9.59 Å². The Balaban J connectivity index is 3.01. The average Bonchev–Trinajstić information content (AvgIpc) is 2.39. The van der Waals surface area contributed by atoms with Crippen molar-refractivity contribution in [1.82, 2.24) is 0 Å². The van der Waals surface area contributed by atoms with Gasteiger partial charge in [-0.05, 0) is 18.6 Å². The second-order valence-electron chi connectivity index (χ2n) is 4.50. The highest BCUT2D eigenvalue weighted by Crippen LogP contribution is 2.25. The van der Waals surface area contributed by atoms with Crippen molar-refractivity contribution in [3.63, 3.8) is 0 Å². The van der Waals surface area contributed by atoms with Crippen LogP contribution >= 0.6 is 0 Å². The number of amides is 1. The van der Waals surface area contributed by atoms with Crippen LogP contribution in [0.3, 0.4) is 0 Å². The van der Waals surface area contributed by atoms with Crippen LogP contribution in [0, 0.1) is 5.92 Å². The molecule has 5 nitrogen and oxygen atoms in total. The first-order valence-electron chi connectivity index (χ1n) is 6.35. The second-order valence-corrected chi connectivity index (χ2v) is 4.50. The smallest absolute Gasteiger partial charge is 0.305 e. The number of carboxylic acids is 1. The van der Waals surface area contributed by atoms with E-state index in [0.717, 1.165) is 0 Å². The van der Waals surface area contributed by atoms with Gasteiger partial charge in [-0.15, -0.1) is 0 Å². The summed E-state index contributed by atoms with van der Waals surface area (Å²) in [6, 6.07) is 7.00. The molecule has 0 saturated carbocycles. The Kier molecular flexibility index (Phi) is 5.36. The third-order valence-electron chi connectivity index (χ3n) is 3.08. The van der Waals surface area contributed by atoms with Crippen molar-refractivity contribution in [2.75, 3.05) is 17.2 Å². The summed E-state index contributed by atoms with van der Waals surface area (Å²) in [7, 11) is 0. The molecule has 5 heteroatoms. The third kappa shape index (κ3) is 3.98. The van der Waals surface area contributed by atoms with Gasteiger partial charge in [0.15, 0.2) is 0 Å². The van der Waals surface area contributed by atoms with Gasteiger partial charge in [0.05, 0.1) is 17.8 Å². The molecule has 1 amide bonds. The lowest BCUT2D eigenvalue weighted by Gasteiger charge is -2.26. The number of benzene rings is 1. The molecule has 19 heavy (non-hydrogen) atoms. The van der Waals surface area contributed by atoms with E-state index >= 15 is 0 Å². The van der Waals surface area contributed by atoms with Crippen molar-refractivity contribution < 1.29 is 14.7 Å². The Bertz CT molecular complexity index is 460. The lowest BCUT2D eigenvalue weighted by atomic mass is 10.1. The molecule has 0 bridgehead atoms. The fourth-order valence-electron chi connectivity index (χ4n) is 1.73. The standard InChI is InChI=1S/C14H20N2O3/c1-3-10(2)14(19)16(9-8-13(17)18)12-7-5-4-6-11(12)15/h4-7,10H,3,8-9,15H2,1-2H3,(H,17,18). The predicted octanol–water partition coefficient (Wildman–Crippen LogP) is 2.12. The molecule has 0 aliphatic carbocycles. The molecule has 1 aromatic rings.